The normalized spacial score (nSPS) is 13.3. The van der Waals surface area contributed by atoms with Gasteiger partial charge in [-0.15, -0.1) is 0 Å². The molecule has 0 unspecified atom stereocenters. The molecule has 3 nitrogen and oxygen atoms in total. The Morgan fingerprint density at radius 2 is 1.52 bits per heavy atom. The SMILES string of the molecule is CC(C)N1Cc2ccccc2-c2c(ncn2C(C)C)-c2ccccc21. The molecule has 0 saturated heterocycles. The summed E-state index contributed by atoms with van der Waals surface area (Å²) in [6.07, 6.45) is 1.99. The van der Waals surface area contributed by atoms with Gasteiger partial charge < -0.3 is 9.47 Å². The highest BCUT2D eigenvalue weighted by molar-refractivity contribution is 5.88. The van der Waals surface area contributed by atoms with Gasteiger partial charge in [-0.1, -0.05) is 42.5 Å². The van der Waals surface area contributed by atoms with Crippen LogP contribution in [0.25, 0.3) is 22.5 Å². The van der Waals surface area contributed by atoms with Crippen LogP contribution in [0, 0.1) is 0 Å². The van der Waals surface area contributed by atoms with Crippen molar-refractivity contribution in [3.8, 4) is 22.5 Å². The van der Waals surface area contributed by atoms with Crippen LogP contribution < -0.4 is 4.90 Å². The minimum Gasteiger partial charge on any atom is -0.364 e. The number of aromatic nitrogens is 2. The summed E-state index contributed by atoms with van der Waals surface area (Å²) in [6, 6.07) is 18.2. The Balaban J connectivity index is 2.08. The van der Waals surface area contributed by atoms with Gasteiger partial charge in [0, 0.05) is 35.4 Å². The van der Waals surface area contributed by atoms with E-state index in [9.17, 15) is 0 Å². The quantitative estimate of drug-likeness (QED) is 0.616. The maximum Gasteiger partial charge on any atom is 0.0984 e. The molecule has 0 radical (unpaired) electrons. The highest BCUT2D eigenvalue weighted by Crippen LogP contribution is 2.42. The highest BCUT2D eigenvalue weighted by Gasteiger charge is 2.26. The van der Waals surface area contributed by atoms with Crippen LogP contribution >= 0.6 is 0 Å². The lowest BCUT2D eigenvalue weighted by molar-refractivity contribution is 0.604. The van der Waals surface area contributed by atoms with Gasteiger partial charge in [0.05, 0.1) is 17.7 Å². The van der Waals surface area contributed by atoms with E-state index in [0.29, 0.717) is 12.1 Å². The number of benzene rings is 2. The van der Waals surface area contributed by atoms with Gasteiger partial charge >= 0.3 is 0 Å². The molecular weight excluding hydrogens is 306 g/mol. The summed E-state index contributed by atoms with van der Waals surface area (Å²) in [6.45, 7) is 9.86. The number of fused-ring (bicyclic) bond motifs is 5. The molecule has 0 atom stereocenters. The summed E-state index contributed by atoms with van der Waals surface area (Å²) in [5, 5.41) is 0. The van der Waals surface area contributed by atoms with Gasteiger partial charge in [-0.05, 0) is 39.3 Å². The van der Waals surface area contributed by atoms with Crippen molar-refractivity contribution in [2.75, 3.05) is 4.90 Å². The molecule has 1 aliphatic heterocycles. The van der Waals surface area contributed by atoms with Crippen molar-refractivity contribution in [1.29, 1.82) is 0 Å². The summed E-state index contributed by atoms with van der Waals surface area (Å²) >= 11 is 0. The fraction of sp³-hybridized carbons (Fsp3) is 0.318. The van der Waals surface area contributed by atoms with E-state index < -0.39 is 0 Å². The van der Waals surface area contributed by atoms with Crippen molar-refractivity contribution in [3.05, 3.63) is 60.4 Å². The molecule has 2 heterocycles. The molecule has 4 rings (SSSR count). The minimum absolute atomic E-state index is 0.372. The lowest BCUT2D eigenvalue weighted by Crippen LogP contribution is -2.31. The Bertz CT molecular complexity index is 905. The number of nitrogens with zero attached hydrogens (tertiary/aromatic N) is 3. The second kappa shape index (κ2) is 6.07. The Morgan fingerprint density at radius 1 is 0.840 bits per heavy atom. The van der Waals surface area contributed by atoms with Crippen LogP contribution in [-0.2, 0) is 6.54 Å². The molecule has 0 spiro atoms. The molecule has 0 fully saturated rings. The number of imidazole rings is 1. The first-order valence-electron chi connectivity index (χ1n) is 9.09. The van der Waals surface area contributed by atoms with Crippen LogP contribution in [0.4, 0.5) is 5.69 Å². The zero-order chi connectivity index (χ0) is 17.6. The van der Waals surface area contributed by atoms with E-state index in [1.165, 1.54) is 28.1 Å². The van der Waals surface area contributed by atoms with Gasteiger partial charge in [-0.3, -0.25) is 0 Å². The first-order chi connectivity index (χ1) is 12.1. The lowest BCUT2D eigenvalue weighted by atomic mass is 9.95. The van der Waals surface area contributed by atoms with Crippen molar-refractivity contribution >= 4 is 5.69 Å². The monoisotopic (exact) mass is 331 g/mol. The van der Waals surface area contributed by atoms with Crippen LogP contribution in [0.15, 0.2) is 54.9 Å². The van der Waals surface area contributed by atoms with Crippen molar-refractivity contribution < 1.29 is 0 Å². The largest absolute Gasteiger partial charge is 0.364 e. The van der Waals surface area contributed by atoms with Crippen LogP contribution in [-0.4, -0.2) is 15.6 Å². The van der Waals surface area contributed by atoms with Crippen molar-refractivity contribution in [2.45, 2.75) is 46.3 Å². The summed E-state index contributed by atoms with van der Waals surface area (Å²) < 4.78 is 2.30. The zero-order valence-electron chi connectivity index (χ0n) is 15.4. The number of para-hydroxylation sites is 1. The number of hydrogen-bond acceptors (Lipinski definition) is 2. The third-order valence-electron chi connectivity index (χ3n) is 5.06. The molecule has 3 aromatic rings. The molecule has 1 aromatic heterocycles. The van der Waals surface area contributed by atoms with E-state index >= 15 is 0 Å². The molecule has 2 aromatic carbocycles. The van der Waals surface area contributed by atoms with Crippen LogP contribution in [0.5, 0.6) is 0 Å². The third kappa shape index (κ3) is 2.55. The van der Waals surface area contributed by atoms with Gasteiger partial charge in [0.25, 0.3) is 0 Å². The van der Waals surface area contributed by atoms with Crippen molar-refractivity contribution in [3.63, 3.8) is 0 Å². The molecule has 3 heteroatoms. The van der Waals surface area contributed by atoms with Gasteiger partial charge in [-0.2, -0.15) is 0 Å². The molecule has 0 aliphatic carbocycles. The first kappa shape index (κ1) is 15.9. The molecule has 0 bridgehead atoms. The van der Waals surface area contributed by atoms with Crippen molar-refractivity contribution in [1.82, 2.24) is 9.55 Å². The van der Waals surface area contributed by atoms with Gasteiger partial charge in [0.1, 0.15) is 0 Å². The first-order valence-corrected chi connectivity index (χ1v) is 9.09. The van der Waals surface area contributed by atoms with Crippen LogP contribution in [0.1, 0.15) is 39.3 Å². The Labute approximate surface area is 149 Å². The Hall–Kier alpha value is -2.55. The summed E-state index contributed by atoms with van der Waals surface area (Å²) in [4.78, 5) is 7.33. The van der Waals surface area contributed by atoms with Crippen LogP contribution in [0.2, 0.25) is 0 Å². The average Bonchev–Trinajstić information content (AvgIpc) is 3.03. The van der Waals surface area contributed by atoms with Gasteiger partial charge in [0.2, 0.25) is 0 Å². The maximum atomic E-state index is 4.85. The minimum atomic E-state index is 0.372. The van der Waals surface area contributed by atoms with E-state index in [2.05, 4.69) is 85.7 Å². The van der Waals surface area contributed by atoms with Gasteiger partial charge in [0.15, 0.2) is 0 Å². The molecule has 128 valence electrons. The smallest absolute Gasteiger partial charge is 0.0984 e. The van der Waals surface area contributed by atoms with E-state index in [1.54, 1.807) is 0 Å². The van der Waals surface area contributed by atoms with Crippen LogP contribution in [0.3, 0.4) is 0 Å². The second-order valence-electron chi connectivity index (χ2n) is 7.34. The van der Waals surface area contributed by atoms with Crippen molar-refractivity contribution in [2.24, 2.45) is 0 Å². The maximum absolute atomic E-state index is 4.85. The molecule has 0 amide bonds. The van der Waals surface area contributed by atoms with E-state index in [1.807, 2.05) is 6.33 Å². The molecular formula is C22H25N3. The Kier molecular flexibility index (Phi) is 3.87. The standard InChI is InChI=1S/C22H25N3/c1-15(2)24-13-17-9-5-6-10-18(17)22-21(23-14-25(22)16(3)4)19-11-7-8-12-20(19)24/h5-12,14-16H,13H2,1-4H3. The molecule has 0 N–H and O–H groups in total. The fourth-order valence-corrected chi connectivity index (χ4v) is 3.76. The zero-order valence-corrected chi connectivity index (χ0v) is 15.4. The highest BCUT2D eigenvalue weighted by atomic mass is 15.2. The summed E-state index contributed by atoms with van der Waals surface area (Å²) in [7, 11) is 0. The van der Waals surface area contributed by atoms with E-state index in [-0.39, 0.29) is 0 Å². The lowest BCUT2D eigenvalue weighted by Gasteiger charge is -2.33. The second-order valence-corrected chi connectivity index (χ2v) is 7.34. The molecule has 25 heavy (non-hydrogen) atoms. The number of rotatable bonds is 2. The molecule has 0 saturated carbocycles. The van der Waals surface area contributed by atoms with E-state index in [4.69, 9.17) is 4.98 Å². The average molecular weight is 331 g/mol. The molecule has 1 aliphatic rings. The summed E-state index contributed by atoms with van der Waals surface area (Å²) in [5.74, 6) is 0. The predicted octanol–water partition coefficient (Wildman–Crippen LogP) is 5.53. The number of hydrogen-bond donors (Lipinski definition) is 0. The predicted molar refractivity (Wildman–Crippen MR) is 105 cm³/mol. The van der Waals surface area contributed by atoms with E-state index in [0.717, 1.165) is 12.2 Å². The summed E-state index contributed by atoms with van der Waals surface area (Å²) in [5.41, 5.74) is 7.46. The third-order valence-corrected chi connectivity index (χ3v) is 5.06. The topological polar surface area (TPSA) is 21.1 Å². The number of anilines is 1. The Morgan fingerprint density at radius 3 is 2.24 bits per heavy atom. The van der Waals surface area contributed by atoms with Gasteiger partial charge in [-0.25, -0.2) is 4.98 Å². The fourth-order valence-electron chi connectivity index (χ4n) is 3.76.